The summed E-state index contributed by atoms with van der Waals surface area (Å²) in [5.74, 6) is 1.82. The van der Waals surface area contributed by atoms with Gasteiger partial charge in [-0.2, -0.15) is 0 Å². The Labute approximate surface area is 120 Å². The molecule has 1 atom stereocenters. The van der Waals surface area contributed by atoms with Crippen LogP contribution in [0.3, 0.4) is 0 Å². The summed E-state index contributed by atoms with van der Waals surface area (Å²) in [5, 5.41) is 13.4. The van der Waals surface area contributed by atoms with Gasteiger partial charge in [0.1, 0.15) is 16.8 Å². The van der Waals surface area contributed by atoms with Gasteiger partial charge in [0.2, 0.25) is 0 Å². The molecule has 0 fully saturated rings. The molecule has 0 spiro atoms. The van der Waals surface area contributed by atoms with Crippen LogP contribution in [0, 0.1) is 5.92 Å². The van der Waals surface area contributed by atoms with E-state index >= 15 is 0 Å². The van der Waals surface area contributed by atoms with Crippen molar-refractivity contribution in [1.82, 2.24) is 9.97 Å². The average Bonchev–Trinajstić information content (AvgIpc) is 2.23. The zero-order valence-corrected chi connectivity index (χ0v) is 13.1. The van der Waals surface area contributed by atoms with Crippen molar-refractivity contribution in [2.75, 3.05) is 11.9 Å². The molecule has 1 aromatic rings. The van der Waals surface area contributed by atoms with Gasteiger partial charge in [-0.3, -0.25) is 0 Å². The van der Waals surface area contributed by atoms with E-state index in [0.717, 1.165) is 6.42 Å². The van der Waals surface area contributed by atoms with Gasteiger partial charge in [-0.05, 0) is 12.3 Å². The number of anilines is 1. The Morgan fingerprint density at radius 3 is 2.47 bits per heavy atom. The lowest BCUT2D eigenvalue weighted by atomic mass is 9.96. The Bertz CT molecular complexity index is 416. The van der Waals surface area contributed by atoms with Crippen molar-refractivity contribution in [2.45, 2.75) is 52.6 Å². The van der Waals surface area contributed by atoms with Crippen LogP contribution in [0.15, 0.2) is 6.07 Å². The lowest BCUT2D eigenvalue weighted by molar-refractivity contribution is 0.161. The van der Waals surface area contributed by atoms with E-state index in [9.17, 15) is 5.11 Å². The van der Waals surface area contributed by atoms with Crippen LogP contribution in [0.5, 0.6) is 0 Å². The van der Waals surface area contributed by atoms with Crippen LogP contribution < -0.4 is 5.32 Å². The van der Waals surface area contributed by atoms with E-state index < -0.39 is 0 Å². The maximum Gasteiger partial charge on any atom is 0.137 e. The average molecular weight is 286 g/mol. The van der Waals surface area contributed by atoms with Gasteiger partial charge in [0.25, 0.3) is 0 Å². The van der Waals surface area contributed by atoms with Gasteiger partial charge in [-0.25, -0.2) is 9.97 Å². The Morgan fingerprint density at radius 2 is 1.95 bits per heavy atom. The summed E-state index contributed by atoms with van der Waals surface area (Å²) in [4.78, 5) is 8.67. The number of nitrogens with one attached hydrogen (secondary N) is 1. The van der Waals surface area contributed by atoms with Gasteiger partial charge in [0.05, 0.1) is 6.10 Å². The highest BCUT2D eigenvalue weighted by Crippen LogP contribution is 2.22. The molecule has 4 nitrogen and oxygen atoms in total. The minimum Gasteiger partial charge on any atom is -0.391 e. The third-order valence-corrected chi connectivity index (χ3v) is 2.82. The largest absolute Gasteiger partial charge is 0.391 e. The second-order valence-electron chi connectivity index (χ2n) is 6.31. The SMILES string of the molecule is CC(C)CC(O)CNc1cc(Cl)nc(C(C)(C)C)n1. The van der Waals surface area contributed by atoms with Crippen LogP contribution in [0.25, 0.3) is 0 Å². The standard InChI is InChI=1S/C14H24ClN3O/c1-9(2)6-10(19)8-16-12-7-11(15)17-13(18-12)14(3,4)5/h7,9-10,19H,6,8H2,1-5H3,(H,16,17,18). The first-order valence-electron chi connectivity index (χ1n) is 6.65. The number of aromatic nitrogens is 2. The number of aliphatic hydroxyl groups is 1. The first-order chi connectivity index (χ1) is 8.68. The van der Waals surface area contributed by atoms with E-state index in [1.165, 1.54) is 0 Å². The van der Waals surface area contributed by atoms with Gasteiger partial charge in [0.15, 0.2) is 0 Å². The second kappa shape index (κ2) is 6.53. The molecule has 2 N–H and O–H groups in total. The lowest BCUT2D eigenvalue weighted by Crippen LogP contribution is -2.23. The topological polar surface area (TPSA) is 58.0 Å². The van der Waals surface area contributed by atoms with Crippen molar-refractivity contribution in [3.8, 4) is 0 Å². The van der Waals surface area contributed by atoms with Crippen LogP contribution in [-0.4, -0.2) is 27.7 Å². The molecule has 0 bridgehead atoms. The van der Waals surface area contributed by atoms with Gasteiger partial charge in [-0.1, -0.05) is 46.2 Å². The van der Waals surface area contributed by atoms with Gasteiger partial charge < -0.3 is 10.4 Å². The summed E-state index contributed by atoms with van der Waals surface area (Å²) in [5.41, 5.74) is -0.155. The molecule has 0 aliphatic heterocycles. The molecule has 1 aromatic heterocycles. The first kappa shape index (κ1) is 16.2. The van der Waals surface area contributed by atoms with E-state index in [4.69, 9.17) is 11.6 Å². The summed E-state index contributed by atoms with van der Waals surface area (Å²) < 4.78 is 0. The number of nitrogens with zero attached hydrogens (tertiary/aromatic N) is 2. The molecule has 0 amide bonds. The molecule has 1 unspecified atom stereocenters. The molecule has 108 valence electrons. The second-order valence-corrected chi connectivity index (χ2v) is 6.70. The van der Waals surface area contributed by atoms with Crippen LogP contribution in [0.1, 0.15) is 46.9 Å². The van der Waals surface area contributed by atoms with Gasteiger partial charge in [-0.15, -0.1) is 0 Å². The molecule has 0 aliphatic rings. The first-order valence-corrected chi connectivity index (χ1v) is 7.03. The Kier molecular flexibility index (Phi) is 5.56. The van der Waals surface area contributed by atoms with Gasteiger partial charge in [0, 0.05) is 18.0 Å². The number of rotatable bonds is 5. The minimum absolute atomic E-state index is 0.155. The van der Waals surface area contributed by atoms with E-state index in [1.807, 2.05) is 20.8 Å². The molecule has 0 saturated carbocycles. The third-order valence-electron chi connectivity index (χ3n) is 2.63. The predicted octanol–water partition coefficient (Wildman–Crippen LogP) is 3.25. The zero-order valence-electron chi connectivity index (χ0n) is 12.4. The third kappa shape index (κ3) is 5.74. The van der Waals surface area contributed by atoms with Crippen LogP contribution in [-0.2, 0) is 5.41 Å². The fourth-order valence-electron chi connectivity index (χ4n) is 1.69. The smallest absolute Gasteiger partial charge is 0.137 e. The number of hydrogen-bond donors (Lipinski definition) is 2. The van der Waals surface area contributed by atoms with Crippen LogP contribution in [0.4, 0.5) is 5.82 Å². The Morgan fingerprint density at radius 1 is 1.32 bits per heavy atom. The van der Waals surface area contributed by atoms with Crippen molar-refractivity contribution in [2.24, 2.45) is 5.92 Å². The molecule has 5 heteroatoms. The fourth-order valence-corrected chi connectivity index (χ4v) is 1.88. The Hall–Kier alpha value is -0.870. The molecular formula is C14H24ClN3O. The van der Waals surface area contributed by atoms with E-state index in [1.54, 1.807) is 6.07 Å². The maximum absolute atomic E-state index is 9.84. The van der Waals surface area contributed by atoms with Crippen molar-refractivity contribution in [1.29, 1.82) is 0 Å². The molecule has 0 aliphatic carbocycles. The molecule has 1 heterocycles. The summed E-state index contributed by atoms with van der Waals surface area (Å²) in [6.45, 7) is 10.8. The molecule has 0 aromatic carbocycles. The monoisotopic (exact) mass is 285 g/mol. The molecule has 1 rings (SSSR count). The highest BCUT2D eigenvalue weighted by Gasteiger charge is 2.19. The molecule has 19 heavy (non-hydrogen) atoms. The molecular weight excluding hydrogens is 262 g/mol. The van der Waals surface area contributed by atoms with Crippen molar-refractivity contribution in [3.05, 3.63) is 17.0 Å². The summed E-state index contributed by atoms with van der Waals surface area (Å²) in [6.07, 6.45) is 0.379. The Balaban J connectivity index is 2.71. The van der Waals surface area contributed by atoms with E-state index in [-0.39, 0.29) is 11.5 Å². The number of halogens is 1. The lowest BCUT2D eigenvalue weighted by Gasteiger charge is -2.19. The summed E-state index contributed by atoms with van der Waals surface area (Å²) in [6, 6.07) is 1.68. The normalized spacial score (nSPS) is 13.7. The highest BCUT2D eigenvalue weighted by molar-refractivity contribution is 6.29. The van der Waals surface area contributed by atoms with Crippen molar-refractivity contribution >= 4 is 17.4 Å². The van der Waals surface area contributed by atoms with E-state index in [0.29, 0.717) is 29.3 Å². The predicted molar refractivity (Wildman–Crippen MR) is 79.7 cm³/mol. The van der Waals surface area contributed by atoms with E-state index in [2.05, 4.69) is 29.1 Å². The zero-order chi connectivity index (χ0) is 14.6. The number of aliphatic hydroxyl groups excluding tert-OH is 1. The number of hydrogen-bond acceptors (Lipinski definition) is 4. The quantitative estimate of drug-likeness (QED) is 0.816. The van der Waals surface area contributed by atoms with Crippen LogP contribution >= 0.6 is 11.6 Å². The molecule has 0 saturated heterocycles. The highest BCUT2D eigenvalue weighted by atomic mass is 35.5. The van der Waals surface area contributed by atoms with Crippen molar-refractivity contribution < 1.29 is 5.11 Å². The van der Waals surface area contributed by atoms with Crippen LogP contribution in [0.2, 0.25) is 5.15 Å². The molecule has 0 radical (unpaired) electrons. The summed E-state index contributed by atoms with van der Waals surface area (Å²) >= 11 is 6.00. The summed E-state index contributed by atoms with van der Waals surface area (Å²) in [7, 11) is 0. The fraction of sp³-hybridized carbons (Fsp3) is 0.714. The minimum atomic E-state index is -0.383. The van der Waals surface area contributed by atoms with Crippen molar-refractivity contribution in [3.63, 3.8) is 0 Å². The maximum atomic E-state index is 9.84. The van der Waals surface area contributed by atoms with Gasteiger partial charge >= 0.3 is 0 Å².